The van der Waals surface area contributed by atoms with Crippen molar-refractivity contribution in [1.82, 2.24) is 19.7 Å². The number of aromatic nitrogens is 1. The number of benzene rings is 1. The molecule has 0 radical (unpaired) electrons. The van der Waals surface area contributed by atoms with Crippen molar-refractivity contribution in [3.63, 3.8) is 0 Å². The van der Waals surface area contributed by atoms with E-state index in [4.69, 9.17) is 9.47 Å². The van der Waals surface area contributed by atoms with E-state index >= 15 is 0 Å². The van der Waals surface area contributed by atoms with Gasteiger partial charge in [0.05, 0.1) is 7.11 Å². The van der Waals surface area contributed by atoms with E-state index in [1.165, 1.54) is 5.56 Å². The number of piperazine rings is 1. The predicted octanol–water partition coefficient (Wildman–Crippen LogP) is 2.10. The molecule has 1 aliphatic rings. The lowest BCUT2D eigenvalue weighted by Gasteiger charge is -2.33. The minimum absolute atomic E-state index is 0.267. The van der Waals surface area contributed by atoms with E-state index < -0.39 is 6.10 Å². The molecule has 7 nitrogen and oxygen atoms in total. The molecule has 0 bridgehead atoms. The summed E-state index contributed by atoms with van der Waals surface area (Å²) >= 11 is 0. The summed E-state index contributed by atoms with van der Waals surface area (Å²) in [6.07, 6.45) is 3.13. The van der Waals surface area contributed by atoms with Crippen molar-refractivity contribution in [2.75, 3.05) is 60.0 Å². The first-order valence-corrected chi connectivity index (χ1v) is 11.1. The lowest BCUT2D eigenvalue weighted by molar-refractivity contribution is 0.0499. The summed E-state index contributed by atoms with van der Waals surface area (Å²) in [5.74, 6) is 1.52. The molecule has 1 aromatic heterocycles. The standard InChI is InChI=1S/C24H36N4O3/c1-4-27(16-20-7-9-25-10-8-20)17-21-5-6-23(30-3)15-24(21)31-19-22(29)18-28-13-11-26(2)12-14-28/h5-10,15,22,29H,4,11-14,16-19H2,1-3H3/t22-/m0/s1. The SMILES string of the molecule is CCN(Cc1ccncc1)Cc1ccc(OC)cc1OC[C@@H](O)CN1CCN(C)CC1. The van der Waals surface area contributed by atoms with Gasteiger partial charge in [-0.2, -0.15) is 0 Å². The summed E-state index contributed by atoms with van der Waals surface area (Å²) in [6.45, 7) is 9.63. The minimum Gasteiger partial charge on any atom is -0.497 e. The number of pyridine rings is 1. The maximum absolute atomic E-state index is 10.5. The Kier molecular flexibility index (Phi) is 9.09. The summed E-state index contributed by atoms with van der Waals surface area (Å²) in [4.78, 5) is 11.1. The maximum Gasteiger partial charge on any atom is 0.127 e. The zero-order chi connectivity index (χ0) is 22.1. The zero-order valence-electron chi connectivity index (χ0n) is 19.0. The Labute approximate surface area is 186 Å². The van der Waals surface area contributed by atoms with Gasteiger partial charge in [-0.05, 0) is 37.4 Å². The van der Waals surface area contributed by atoms with Gasteiger partial charge in [0.15, 0.2) is 0 Å². The first-order chi connectivity index (χ1) is 15.1. The number of likely N-dealkylation sites (N-methyl/N-ethyl adjacent to an activating group) is 1. The summed E-state index contributed by atoms with van der Waals surface area (Å²) in [6, 6.07) is 10.0. The largest absolute Gasteiger partial charge is 0.497 e. The van der Waals surface area contributed by atoms with E-state index in [9.17, 15) is 5.11 Å². The molecule has 0 amide bonds. The Morgan fingerprint density at radius 2 is 1.84 bits per heavy atom. The van der Waals surface area contributed by atoms with Crippen molar-refractivity contribution in [3.05, 3.63) is 53.9 Å². The molecule has 0 unspecified atom stereocenters. The van der Waals surface area contributed by atoms with Crippen LogP contribution < -0.4 is 9.47 Å². The molecule has 1 saturated heterocycles. The van der Waals surface area contributed by atoms with Gasteiger partial charge < -0.3 is 19.5 Å². The first kappa shape index (κ1) is 23.5. The van der Waals surface area contributed by atoms with Gasteiger partial charge in [-0.3, -0.25) is 14.8 Å². The Hall–Kier alpha value is -2.19. The van der Waals surface area contributed by atoms with Crippen LogP contribution in [-0.2, 0) is 13.1 Å². The summed E-state index contributed by atoms with van der Waals surface area (Å²) in [5.41, 5.74) is 2.32. The van der Waals surface area contributed by atoms with Gasteiger partial charge in [-0.1, -0.05) is 13.0 Å². The van der Waals surface area contributed by atoms with Gasteiger partial charge in [-0.25, -0.2) is 0 Å². The van der Waals surface area contributed by atoms with Crippen molar-refractivity contribution < 1.29 is 14.6 Å². The topological polar surface area (TPSA) is 61.3 Å². The van der Waals surface area contributed by atoms with Crippen LogP contribution in [0.4, 0.5) is 0 Å². The summed E-state index contributed by atoms with van der Waals surface area (Å²) in [5, 5.41) is 10.5. The first-order valence-electron chi connectivity index (χ1n) is 11.1. The van der Waals surface area contributed by atoms with Gasteiger partial charge in [0.2, 0.25) is 0 Å². The lowest BCUT2D eigenvalue weighted by atomic mass is 10.1. The second-order valence-corrected chi connectivity index (χ2v) is 8.20. The van der Waals surface area contributed by atoms with Crippen molar-refractivity contribution >= 4 is 0 Å². The summed E-state index contributed by atoms with van der Waals surface area (Å²) < 4.78 is 11.5. The molecular weight excluding hydrogens is 392 g/mol. The molecule has 1 atom stereocenters. The number of ether oxygens (including phenoxy) is 2. The van der Waals surface area contributed by atoms with Crippen LogP contribution in [0.3, 0.4) is 0 Å². The number of rotatable bonds is 11. The normalized spacial score (nSPS) is 16.4. The second-order valence-electron chi connectivity index (χ2n) is 8.20. The Bertz CT molecular complexity index is 782. The van der Waals surface area contributed by atoms with Crippen molar-refractivity contribution in [1.29, 1.82) is 0 Å². The molecule has 1 fully saturated rings. The fraction of sp³-hybridized carbons (Fsp3) is 0.542. The minimum atomic E-state index is -0.526. The monoisotopic (exact) mass is 428 g/mol. The van der Waals surface area contributed by atoms with Crippen LogP contribution in [0.15, 0.2) is 42.7 Å². The number of aliphatic hydroxyl groups excluding tert-OH is 1. The Morgan fingerprint density at radius 3 is 2.52 bits per heavy atom. The van der Waals surface area contributed by atoms with Gasteiger partial charge in [0, 0.05) is 69.8 Å². The van der Waals surface area contributed by atoms with Crippen LogP contribution >= 0.6 is 0 Å². The lowest BCUT2D eigenvalue weighted by Crippen LogP contribution is -2.47. The fourth-order valence-electron chi connectivity index (χ4n) is 3.76. The molecule has 2 aromatic rings. The van der Waals surface area contributed by atoms with Gasteiger partial charge >= 0.3 is 0 Å². The average Bonchev–Trinajstić information content (AvgIpc) is 2.80. The fourth-order valence-corrected chi connectivity index (χ4v) is 3.76. The smallest absolute Gasteiger partial charge is 0.127 e. The highest BCUT2D eigenvalue weighted by molar-refractivity contribution is 5.40. The highest BCUT2D eigenvalue weighted by Crippen LogP contribution is 2.27. The van der Waals surface area contributed by atoms with Crippen LogP contribution in [0.2, 0.25) is 0 Å². The predicted molar refractivity (Wildman–Crippen MR) is 122 cm³/mol. The van der Waals surface area contributed by atoms with E-state index in [1.807, 2.05) is 36.7 Å². The number of hydrogen-bond acceptors (Lipinski definition) is 7. The van der Waals surface area contributed by atoms with Crippen molar-refractivity contribution in [2.45, 2.75) is 26.1 Å². The molecule has 170 valence electrons. The van der Waals surface area contributed by atoms with Crippen LogP contribution in [0.25, 0.3) is 0 Å². The highest BCUT2D eigenvalue weighted by atomic mass is 16.5. The van der Waals surface area contributed by atoms with Crippen molar-refractivity contribution in [2.24, 2.45) is 0 Å². The van der Waals surface area contributed by atoms with Crippen LogP contribution in [-0.4, -0.2) is 90.9 Å². The van der Waals surface area contributed by atoms with Crippen LogP contribution in [0.5, 0.6) is 11.5 Å². The number of aliphatic hydroxyl groups is 1. The molecule has 1 N–H and O–H groups in total. The number of nitrogens with zero attached hydrogens (tertiary/aromatic N) is 4. The van der Waals surface area contributed by atoms with E-state index in [1.54, 1.807) is 7.11 Å². The van der Waals surface area contributed by atoms with Crippen molar-refractivity contribution in [3.8, 4) is 11.5 Å². The molecule has 2 heterocycles. The molecule has 3 rings (SSSR count). The molecule has 7 heteroatoms. The van der Waals surface area contributed by atoms with E-state index in [-0.39, 0.29) is 6.61 Å². The molecule has 1 aromatic carbocycles. The highest BCUT2D eigenvalue weighted by Gasteiger charge is 2.18. The average molecular weight is 429 g/mol. The van der Waals surface area contributed by atoms with Gasteiger partial charge in [0.1, 0.15) is 24.2 Å². The van der Waals surface area contributed by atoms with Crippen LogP contribution in [0.1, 0.15) is 18.1 Å². The molecule has 0 saturated carbocycles. The van der Waals surface area contributed by atoms with E-state index in [0.717, 1.165) is 62.9 Å². The number of methoxy groups -OCH3 is 1. The van der Waals surface area contributed by atoms with Crippen LogP contribution in [0, 0.1) is 0 Å². The molecule has 31 heavy (non-hydrogen) atoms. The Balaban J connectivity index is 1.60. The zero-order valence-corrected chi connectivity index (χ0v) is 19.0. The molecule has 0 aliphatic carbocycles. The molecule has 1 aliphatic heterocycles. The van der Waals surface area contributed by atoms with Gasteiger partial charge in [0.25, 0.3) is 0 Å². The quantitative estimate of drug-likeness (QED) is 0.588. The maximum atomic E-state index is 10.5. The summed E-state index contributed by atoms with van der Waals surface area (Å²) in [7, 11) is 3.79. The third-order valence-corrected chi connectivity index (χ3v) is 5.77. The number of hydrogen-bond donors (Lipinski definition) is 1. The Morgan fingerprint density at radius 1 is 1.10 bits per heavy atom. The molecular formula is C24H36N4O3. The third kappa shape index (κ3) is 7.47. The van der Waals surface area contributed by atoms with E-state index in [2.05, 4.69) is 39.7 Å². The van der Waals surface area contributed by atoms with E-state index in [0.29, 0.717) is 6.54 Å². The third-order valence-electron chi connectivity index (χ3n) is 5.77. The molecule has 0 spiro atoms. The van der Waals surface area contributed by atoms with Gasteiger partial charge in [-0.15, -0.1) is 0 Å². The number of β-amino-alcohol motifs (C(OH)–C–C–N with tert-alkyl or cyclic N) is 1. The second kappa shape index (κ2) is 12.0.